The zero-order valence-electron chi connectivity index (χ0n) is 17.3. The fourth-order valence-corrected chi connectivity index (χ4v) is 3.23. The van der Waals surface area contributed by atoms with Crippen LogP contribution in [0.3, 0.4) is 0 Å². The average molecular weight is 420 g/mol. The van der Waals surface area contributed by atoms with Crippen LogP contribution in [0, 0.1) is 5.82 Å². The molecule has 0 bridgehead atoms. The van der Waals surface area contributed by atoms with Gasteiger partial charge in [0.05, 0.1) is 0 Å². The van der Waals surface area contributed by atoms with Gasteiger partial charge in [-0.15, -0.1) is 0 Å². The van der Waals surface area contributed by atoms with E-state index in [0.717, 1.165) is 0 Å². The van der Waals surface area contributed by atoms with Crippen LogP contribution in [-0.2, 0) is 16.1 Å². The maximum absolute atomic E-state index is 13.4. The van der Waals surface area contributed by atoms with Crippen LogP contribution in [0.25, 0.3) is 0 Å². The predicted molar refractivity (Wildman–Crippen MR) is 117 cm³/mol. The van der Waals surface area contributed by atoms with Crippen LogP contribution >= 0.6 is 0 Å². The number of likely N-dealkylation sites (N-methyl/N-ethyl adjacent to an activating group) is 1. The third-order valence-corrected chi connectivity index (χ3v) is 4.72. The van der Waals surface area contributed by atoms with E-state index in [1.807, 2.05) is 55.5 Å². The van der Waals surface area contributed by atoms with E-state index in [2.05, 4.69) is 5.32 Å². The van der Waals surface area contributed by atoms with Crippen LogP contribution < -0.4 is 10.1 Å². The molecule has 1 N–H and O–H groups in total. The molecule has 1 atom stereocenters. The largest absolute Gasteiger partial charge is 0.484 e. The number of hydrogen-bond acceptors (Lipinski definition) is 3. The quantitative estimate of drug-likeness (QED) is 0.567. The highest BCUT2D eigenvalue weighted by atomic mass is 19.1. The average Bonchev–Trinajstić information content (AvgIpc) is 2.80. The summed E-state index contributed by atoms with van der Waals surface area (Å²) in [4.78, 5) is 27.7. The topological polar surface area (TPSA) is 58.6 Å². The second-order valence-corrected chi connectivity index (χ2v) is 6.96. The molecule has 3 rings (SSSR count). The Labute approximate surface area is 181 Å². The second kappa shape index (κ2) is 10.9. The number of benzene rings is 3. The van der Waals surface area contributed by atoms with Crippen molar-refractivity contribution in [3.63, 3.8) is 0 Å². The first-order chi connectivity index (χ1) is 15.1. The maximum Gasteiger partial charge on any atom is 0.261 e. The molecule has 0 saturated carbocycles. The summed E-state index contributed by atoms with van der Waals surface area (Å²) >= 11 is 0. The molecule has 6 heteroatoms. The van der Waals surface area contributed by atoms with Gasteiger partial charge in [0.2, 0.25) is 5.91 Å². The van der Waals surface area contributed by atoms with Gasteiger partial charge in [0.25, 0.3) is 5.91 Å². The number of para-hydroxylation sites is 1. The number of hydrogen-bond donors (Lipinski definition) is 1. The molecule has 0 aliphatic carbocycles. The highest BCUT2D eigenvalue weighted by molar-refractivity contribution is 5.89. The minimum Gasteiger partial charge on any atom is -0.484 e. The molecule has 0 radical (unpaired) electrons. The van der Waals surface area contributed by atoms with Gasteiger partial charge in [0.15, 0.2) is 6.61 Å². The lowest BCUT2D eigenvalue weighted by atomic mass is 10.0. The van der Waals surface area contributed by atoms with Crippen molar-refractivity contribution in [1.29, 1.82) is 0 Å². The van der Waals surface area contributed by atoms with Gasteiger partial charge in [-0.1, -0.05) is 60.7 Å². The Balaban J connectivity index is 1.91. The highest BCUT2D eigenvalue weighted by Gasteiger charge is 2.31. The number of nitrogens with zero attached hydrogens (tertiary/aromatic N) is 1. The number of carbonyl (C=O) groups is 2. The van der Waals surface area contributed by atoms with Crippen molar-refractivity contribution in [3.8, 4) is 5.75 Å². The fourth-order valence-electron chi connectivity index (χ4n) is 3.23. The number of carbonyl (C=O) groups excluding carboxylic acids is 2. The Bertz CT molecular complexity index is 979. The van der Waals surface area contributed by atoms with Crippen LogP contribution in [0.1, 0.15) is 24.1 Å². The third kappa shape index (κ3) is 6.15. The zero-order valence-corrected chi connectivity index (χ0v) is 17.3. The van der Waals surface area contributed by atoms with Crippen molar-refractivity contribution in [3.05, 3.63) is 102 Å². The number of nitrogens with one attached hydrogen (secondary N) is 1. The highest BCUT2D eigenvalue weighted by Crippen LogP contribution is 2.24. The van der Waals surface area contributed by atoms with Crippen molar-refractivity contribution in [2.24, 2.45) is 0 Å². The molecule has 2 amide bonds. The van der Waals surface area contributed by atoms with E-state index in [0.29, 0.717) is 23.4 Å². The summed E-state index contributed by atoms with van der Waals surface area (Å²) in [6.45, 7) is 2.16. The Hall–Kier alpha value is -3.67. The Morgan fingerprint density at radius 3 is 2.16 bits per heavy atom. The van der Waals surface area contributed by atoms with E-state index in [-0.39, 0.29) is 30.8 Å². The molecule has 5 nitrogen and oxygen atoms in total. The first-order valence-electron chi connectivity index (χ1n) is 10.1. The van der Waals surface area contributed by atoms with Crippen molar-refractivity contribution in [2.45, 2.75) is 19.5 Å². The van der Waals surface area contributed by atoms with E-state index >= 15 is 0 Å². The SMILES string of the molecule is CCNC(=O)[C@@H](c1ccccc1)N(Cc1ccc(F)cc1)C(=O)COc1ccccc1. The zero-order chi connectivity index (χ0) is 22.1. The summed E-state index contributed by atoms with van der Waals surface area (Å²) in [7, 11) is 0. The lowest BCUT2D eigenvalue weighted by molar-refractivity contribution is -0.143. The number of halogens is 1. The monoisotopic (exact) mass is 420 g/mol. The Morgan fingerprint density at radius 1 is 0.935 bits per heavy atom. The van der Waals surface area contributed by atoms with Gasteiger partial charge < -0.3 is 15.0 Å². The lowest BCUT2D eigenvalue weighted by Crippen LogP contribution is -2.45. The van der Waals surface area contributed by atoms with Crippen molar-refractivity contribution >= 4 is 11.8 Å². The van der Waals surface area contributed by atoms with Crippen LogP contribution in [0.4, 0.5) is 4.39 Å². The maximum atomic E-state index is 13.4. The molecule has 3 aromatic carbocycles. The predicted octanol–water partition coefficient (Wildman–Crippen LogP) is 4.11. The van der Waals surface area contributed by atoms with Gasteiger partial charge in [-0.05, 0) is 42.3 Å². The lowest BCUT2D eigenvalue weighted by Gasteiger charge is -2.31. The fraction of sp³-hybridized carbons (Fsp3) is 0.200. The van der Waals surface area contributed by atoms with Gasteiger partial charge in [-0.25, -0.2) is 4.39 Å². The van der Waals surface area contributed by atoms with Crippen LogP contribution in [0.2, 0.25) is 0 Å². The third-order valence-electron chi connectivity index (χ3n) is 4.72. The van der Waals surface area contributed by atoms with Crippen LogP contribution in [0.15, 0.2) is 84.9 Å². The Morgan fingerprint density at radius 2 is 1.55 bits per heavy atom. The summed E-state index contributed by atoms with van der Waals surface area (Å²) in [6.07, 6.45) is 0. The normalized spacial score (nSPS) is 11.4. The standard InChI is InChI=1S/C25H25FN2O3/c1-2-27-25(30)24(20-9-5-3-6-10-20)28(17-19-13-15-21(26)16-14-19)23(29)18-31-22-11-7-4-8-12-22/h3-16,24H,2,17-18H2,1H3,(H,27,30)/t24-/m1/s1. The van der Waals surface area contributed by atoms with Crippen LogP contribution in [0.5, 0.6) is 5.75 Å². The van der Waals surface area contributed by atoms with Gasteiger partial charge in [-0.2, -0.15) is 0 Å². The molecule has 0 aromatic heterocycles. The molecule has 0 heterocycles. The minimum absolute atomic E-state index is 0.133. The van der Waals surface area contributed by atoms with Crippen molar-refractivity contribution < 1.29 is 18.7 Å². The number of rotatable bonds is 9. The molecular weight excluding hydrogens is 395 g/mol. The first kappa shape index (κ1) is 22.0. The van der Waals surface area contributed by atoms with Gasteiger partial charge >= 0.3 is 0 Å². The molecule has 0 aliphatic rings. The molecule has 0 aliphatic heterocycles. The summed E-state index contributed by atoms with van der Waals surface area (Å²) in [5, 5.41) is 2.81. The molecule has 3 aromatic rings. The smallest absolute Gasteiger partial charge is 0.261 e. The summed E-state index contributed by atoms with van der Waals surface area (Å²) in [6, 6.07) is 23.2. The van der Waals surface area contributed by atoms with Gasteiger partial charge in [-0.3, -0.25) is 9.59 Å². The molecule has 160 valence electrons. The molecule has 0 fully saturated rings. The number of amides is 2. The minimum atomic E-state index is -0.849. The van der Waals surface area contributed by atoms with E-state index in [1.54, 1.807) is 24.3 Å². The van der Waals surface area contributed by atoms with E-state index in [1.165, 1.54) is 17.0 Å². The van der Waals surface area contributed by atoms with E-state index in [4.69, 9.17) is 4.74 Å². The molecule has 31 heavy (non-hydrogen) atoms. The summed E-state index contributed by atoms with van der Waals surface area (Å²) in [5.41, 5.74) is 1.39. The molecule has 0 saturated heterocycles. The first-order valence-corrected chi connectivity index (χ1v) is 10.1. The van der Waals surface area contributed by atoms with Crippen molar-refractivity contribution in [1.82, 2.24) is 10.2 Å². The summed E-state index contributed by atoms with van der Waals surface area (Å²) in [5.74, 6) is -0.443. The number of ether oxygens (including phenoxy) is 1. The molecule has 0 spiro atoms. The van der Waals surface area contributed by atoms with E-state index < -0.39 is 6.04 Å². The van der Waals surface area contributed by atoms with E-state index in [9.17, 15) is 14.0 Å². The second-order valence-electron chi connectivity index (χ2n) is 6.96. The molecule has 0 unspecified atom stereocenters. The van der Waals surface area contributed by atoms with Gasteiger partial charge in [0.1, 0.15) is 17.6 Å². The molecular formula is C25H25FN2O3. The van der Waals surface area contributed by atoms with Gasteiger partial charge in [0, 0.05) is 13.1 Å². The Kier molecular flexibility index (Phi) is 7.76. The summed E-state index contributed by atoms with van der Waals surface area (Å²) < 4.78 is 19.0. The van der Waals surface area contributed by atoms with Crippen molar-refractivity contribution in [2.75, 3.05) is 13.2 Å². The van der Waals surface area contributed by atoms with Crippen LogP contribution in [-0.4, -0.2) is 29.9 Å².